The Morgan fingerprint density at radius 1 is 1.08 bits per heavy atom. The number of nitrogens with one attached hydrogen (secondary N) is 1. The summed E-state index contributed by atoms with van der Waals surface area (Å²) < 4.78 is 30.3. The molecule has 8 nitrogen and oxygen atoms in total. The number of rotatable bonds is 5. The Hall–Kier alpha value is -4.08. The van der Waals surface area contributed by atoms with Gasteiger partial charge in [-0.2, -0.15) is 5.10 Å². The normalized spacial score (nSPS) is 17.3. The second-order valence-corrected chi connectivity index (χ2v) is 10.1. The summed E-state index contributed by atoms with van der Waals surface area (Å²) in [7, 11) is 1.55. The molecule has 1 N–H and O–H groups in total. The lowest BCUT2D eigenvalue weighted by atomic mass is 10.0. The van der Waals surface area contributed by atoms with Crippen LogP contribution in [0.5, 0.6) is 5.75 Å². The standard InChI is InChI=1S/C30H29FN6O2/c1-38-27-6-4-5-24(31)29(27)20-9-11-26-23(16-20)30(34-37(26)28-7-2-3-14-39-28)25-18-36(35-33-25)22-10-8-19-12-13-32-17-21(19)15-22/h4-6,8-11,15-16,18,28,32H,2-3,7,12-14,17H2,1H3. The van der Waals surface area contributed by atoms with Crippen LogP contribution in [0.4, 0.5) is 4.39 Å². The van der Waals surface area contributed by atoms with E-state index in [1.807, 2.05) is 29.1 Å². The van der Waals surface area contributed by atoms with E-state index in [0.29, 0.717) is 34.9 Å². The van der Waals surface area contributed by atoms with Crippen LogP contribution < -0.4 is 10.1 Å². The molecule has 0 aliphatic carbocycles. The van der Waals surface area contributed by atoms with Gasteiger partial charge in [-0.15, -0.1) is 5.10 Å². The third-order valence-electron chi connectivity index (χ3n) is 7.70. The molecule has 0 spiro atoms. The first-order valence-corrected chi connectivity index (χ1v) is 13.4. The fourth-order valence-corrected chi connectivity index (χ4v) is 5.68. The summed E-state index contributed by atoms with van der Waals surface area (Å²) in [6.07, 6.45) is 5.78. The third kappa shape index (κ3) is 4.27. The van der Waals surface area contributed by atoms with E-state index in [4.69, 9.17) is 14.6 Å². The quantitative estimate of drug-likeness (QED) is 0.330. The monoisotopic (exact) mass is 524 g/mol. The summed E-state index contributed by atoms with van der Waals surface area (Å²) in [4.78, 5) is 0. The van der Waals surface area contributed by atoms with Gasteiger partial charge in [-0.05, 0) is 85.3 Å². The molecule has 0 radical (unpaired) electrons. The number of methoxy groups -OCH3 is 1. The first-order chi connectivity index (χ1) is 19.2. The molecule has 2 aromatic heterocycles. The van der Waals surface area contributed by atoms with Crippen LogP contribution in [0.25, 0.3) is 39.1 Å². The summed E-state index contributed by atoms with van der Waals surface area (Å²) in [5.74, 6) is 0.137. The van der Waals surface area contributed by atoms with E-state index in [-0.39, 0.29) is 12.0 Å². The Bertz CT molecular complexity index is 1670. The second kappa shape index (κ2) is 9.91. The Balaban J connectivity index is 1.36. The first-order valence-electron chi connectivity index (χ1n) is 13.4. The van der Waals surface area contributed by atoms with Crippen molar-refractivity contribution in [3.8, 4) is 34.0 Å². The van der Waals surface area contributed by atoms with E-state index >= 15 is 4.39 Å². The first kappa shape index (κ1) is 24.0. The zero-order valence-corrected chi connectivity index (χ0v) is 21.7. The van der Waals surface area contributed by atoms with Gasteiger partial charge in [0.1, 0.15) is 23.0 Å². The molecule has 0 bridgehead atoms. The van der Waals surface area contributed by atoms with E-state index in [1.165, 1.54) is 17.2 Å². The molecule has 1 saturated heterocycles. The smallest absolute Gasteiger partial charge is 0.150 e. The molecular weight excluding hydrogens is 495 g/mol. The van der Waals surface area contributed by atoms with Crippen molar-refractivity contribution in [1.29, 1.82) is 0 Å². The van der Waals surface area contributed by atoms with Gasteiger partial charge in [0.25, 0.3) is 0 Å². The van der Waals surface area contributed by atoms with Crippen LogP contribution in [0.1, 0.15) is 36.6 Å². The lowest BCUT2D eigenvalue weighted by molar-refractivity contribution is -0.0365. The molecule has 7 rings (SSSR count). The molecule has 0 saturated carbocycles. The van der Waals surface area contributed by atoms with Crippen LogP contribution in [0.15, 0.2) is 60.8 Å². The number of fused-ring (bicyclic) bond motifs is 2. The van der Waals surface area contributed by atoms with Crippen molar-refractivity contribution in [2.75, 3.05) is 20.3 Å². The predicted molar refractivity (Wildman–Crippen MR) is 146 cm³/mol. The average Bonchev–Trinajstić information content (AvgIpc) is 3.62. The van der Waals surface area contributed by atoms with Crippen molar-refractivity contribution in [2.45, 2.75) is 38.5 Å². The number of ether oxygens (including phenoxy) is 2. The molecule has 198 valence electrons. The Labute approximate surface area is 225 Å². The highest BCUT2D eigenvalue weighted by Gasteiger charge is 2.24. The summed E-state index contributed by atoms with van der Waals surface area (Å²) in [5, 5.41) is 18.3. The van der Waals surface area contributed by atoms with Gasteiger partial charge in [0.05, 0.1) is 30.1 Å². The largest absolute Gasteiger partial charge is 0.496 e. The van der Waals surface area contributed by atoms with Crippen molar-refractivity contribution >= 4 is 10.9 Å². The molecular formula is C30H29FN6O2. The highest BCUT2D eigenvalue weighted by atomic mass is 19.1. The van der Waals surface area contributed by atoms with Crippen molar-refractivity contribution in [3.63, 3.8) is 0 Å². The number of aromatic nitrogens is 5. The maximum absolute atomic E-state index is 15.0. The van der Waals surface area contributed by atoms with Gasteiger partial charge in [0.15, 0.2) is 6.23 Å². The van der Waals surface area contributed by atoms with Crippen molar-refractivity contribution in [3.05, 3.63) is 77.7 Å². The minimum atomic E-state index is -0.342. The molecule has 3 aromatic carbocycles. The van der Waals surface area contributed by atoms with Crippen LogP contribution in [-0.4, -0.2) is 45.0 Å². The van der Waals surface area contributed by atoms with Crippen molar-refractivity contribution < 1.29 is 13.9 Å². The molecule has 39 heavy (non-hydrogen) atoms. The molecule has 2 aliphatic rings. The molecule has 5 aromatic rings. The summed E-state index contributed by atoms with van der Waals surface area (Å²) in [6, 6.07) is 17.1. The topological polar surface area (TPSA) is 79.0 Å². The molecule has 1 unspecified atom stereocenters. The fourth-order valence-electron chi connectivity index (χ4n) is 5.68. The fraction of sp³-hybridized carbons (Fsp3) is 0.300. The Kier molecular flexibility index (Phi) is 6.09. The van der Waals surface area contributed by atoms with Gasteiger partial charge in [-0.3, -0.25) is 0 Å². The molecule has 4 heterocycles. The SMILES string of the molecule is COc1cccc(F)c1-c1ccc2c(c1)c(-c1cn(-c3ccc4c(c3)CNCC4)nn1)nn2C1CCCCO1. The highest BCUT2D eigenvalue weighted by molar-refractivity contribution is 5.96. The number of benzene rings is 3. The van der Waals surface area contributed by atoms with Gasteiger partial charge in [-0.1, -0.05) is 23.4 Å². The number of nitrogens with zero attached hydrogens (tertiary/aromatic N) is 5. The van der Waals surface area contributed by atoms with Crippen LogP contribution in [0, 0.1) is 5.82 Å². The molecule has 1 fully saturated rings. The summed E-state index contributed by atoms with van der Waals surface area (Å²) >= 11 is 0. The van der Waals surface area contributed by atoms with Gasteiger partial charge in [0, 0.05) is 18.5 Å². The average molecular weight is 525 g/mol. The zero-order valence-electron chi connectivity index (χ0n) is 21.7. The molecule has 9 heteroatoms. The minimum absolute atomic E-state index is 0.160. The van der Waals surface area contributed by atoms with Gasteiger partial charge >= 0.3 is 0 Å². The Morgan fingerprint density at radius 3 is 2.90 bits per heavy atom. The third-order valence-corrected chi connectivity index (χ3v) is 7.70. The van der Waals surface area contributed by atoms with Crippen molar-refractivity contribution in [2.24, 2.45) is 0 Å². The second-order valence-electron chi connectivity index (χ2n) is 10.1. The van der Waals surface area contributed by atoms with E-state index in [2.05, 4.69) is 33.8 Å². The lowest BCUT2D eigenvalue weighted by Crippen LogP contribution is -2.23. The van der Waals surface area contributed by atoms with E-state index < -0.39 is 0 Å². The number of hydrogen-bond donors (Lipinski definition) is 1. The Morgan fingerprint density at radius 2 is 2.03 bits per heavy atom. The molecule has 0 amide bonds. The maximum Gasteiger partial charge on any atom is 0.150 e. The van der Waals surface area contributed by atoms with Gasteiger partial charge in [0.2, 0.25) is 0 Å². The lowest BCUT2D eigenvalue weighted by Gasteiger charge is -2.23. The van der Waals surface area contributed by atoms with Crippen LogP contribution in [0.3, 0.4) is 0 Å². The highest BCUT2D eigenvalue weighted by Crippen LogP contribution is 2.38. The van der Waals surface area contributed by atoms with Crippen LogP contribution >= 0.6 is 0 Å². The molecule has 1 atom stereocenters. The number of halogens is 1. The van der Waals surface area contributed by atoms with Crippen molar-refractivity contribution in [1.82, 2.24) is 30.1 Å². The number of hydrogen-bond acceptors (Lipinski definition) is 6. The summed E-state index contributed by atoms with van der Waals surface area (Å²) in [5.41, 5.74) is 6.95. The van der Waals surface area contributed by atoms with Crippen LogP contribution in [-0.2, 0) is 17.7 Å². The minimum Gasteiger partial charge on any atom is -0.496 e. The maximum atomic E-state index is 15.0. The van der Waals surface area contributed by atoms with E-state index in [9.17, 15) is 0 Å². The zero-order chi connectivity index (χ0) is 26.3. The van der Waals surface area contributed by atoms with Gasteiger partial charge in [-0.25, -0.2) is 13.8 Å². The predicted octanol–water partition coefficient (Wildman–Crippen LogP) is 5.44. The van der Waals surface area contributed by atoms with E-state index in [0.717, 1.165) is 55.4 Å². The molecule has 2 aliphatic heterocycles. The van der Waals surface area contributed by atoms with Crippen LogP contribution in [0.2, 0.25) is 0 Å². The summed E-state index contributed by atoms with van der Waals surface area (Å²) in [6.45, 7) is 2.56. The van der Waals surface area contributed by atoms with E-state index in [1.54, 1.807) is 23.9 Å². The van der Waals surface area contributed by atoms with Gasteiger partial charge < -0.3 is 14.8 Å².